The zero-order valence-electron chi connectivity index (χ0n) is 26.4. The molecule has 1 amide bonds. The third kappa shape index (κ3) is 7.29. The zero-order valence-corrected chi connectivity index (χ0v) is 27.1. The summed E-state index contributed by atoms with van der Waals surface area (Å²) in [5, 5.41) is 7.63. The number of aromatic nitrogens is 3. The molecule has 3 aromatic carbocycles. The summed E-state index contributed by atoms with van der Waals surface area (Å²) in [7, 11) is 5.25. The number of carbonyl (C=O) groups excluding carboxylic acids is 1. The van der Waals surface area contributed by atoms with Crippen LogP contribution in [0.2, 0.25) is 5.02 Å². The molecule has 1 atom stereocenters. The summed E-state index contributed by atoms with van der Waals surface area (Å²) in [6.07, 6.45) is 8.93. The molecule has 47 heavy (non-hydrogen) atoms. The highest BCUT2D eigenvalue weighted by Crippen LogP contribution is 2.42. The third-order valence-corrected chi connectivity index (χ3v) is 8.37. The predicted molar refractivity (Wildman–Crippen MR) is 185 cm³/mol. The maximum absolute atomic E-state index is 13.3. The van der Waals surface area contributed by atoms with Crippen LogP contribution >= 0.6 is 11.6 Å². The summed E-state index contributed by atoms with van der Waals surface area (Å²) in [6, 6.07) is 20.6. The van der Waals surface area contributed by atoms with E-state index in [0.29, 0.717) is 62.5 Å². The Bertz CT molecular complexity index is 1920. The van der Waals surface area contributed by atoms with E-state index >= 15 is 0 Å². The van der Waals surface area contributed by atoms with Gasteiger partial charge in [0, 0.05) is 35.3 Å². The first kappa shape index (κ1) is 31.8. The number of amides is 1. The molecule has 0 aliphatic carbocycles. The van der Waals surface area contributed by atoms with E-state index in [-0.39, 0.29) is 11.9 Å². The van der Waals surface area contributed by atoms with Gasteiger partial charge in [0.25, 0.3) is 0 Å². The predicted octanol–water partition coefficient (Wildman–Crippen LogP) is 7.27. The number of likely N-dealkylation sites (N-methyl/N-ethyl adjacent to an activating group) is 1. The van der Waals surface area contributed by atoms with E-state index in [0.717, 1.165) is 30.6 Å². The molecular formula is C36H35ClN6O4. The number of methoxy groups -OCH3 is 2. The Morgan fingerprint density at radius 3 is 2.60 bits per heavy atom. The van der Waals surface area contributed by atoms with Crippen molar-refractivity contribution in [2.75, 3.05) is 38.4 Å². The molecule has 1 unspecified atom stereocenters. The number of hydrogen-bond donors (Lipinski definition) is 2. The Morgan fingerprint density at radius 2 is 1.85 bits per heavy atom. The van der Waals surface area contributed by atoms with Gasteiger partial charge in [-0.2, -0.15) is 0 Å². The first-order chi connectivity index (χ1) is 22.9. The third-order valence-electron chi connectivity index (χ3n) is 8.08. The number of ether oxygens (including phenoxy) is 3. The average molecular weight is 651 g/mol. The number of carbonyl (C=O) groups is 1. The number of likely N-dealkylation sites (tertiary alicyclic amines) is 1. The Labute approximate surface area is 278 Å². The minimum atomic E-state index is -0.231. The van der Waals surface area contributed by atoms with Gasteiger partial charge in [0.05, 0.1) is 35.8 Å². The molecule has 1 aliphatic heterocycles. The van der Waals surface area contributed by atoms with E-state index in [1.54, 1.807) is 38.6 Å². The van der Waals surface area contributed by atoms with Crippen LogP contribution in [-0.4, -0.2) is 59.6 Å². The smallest absolute Gasteiger partial charge is 0.248 e. The van der Waals surface area contributed by atoms with Crippen molar-refractivity contribution in [1.82, 2.24) is 19.9 Å². The van der Waals surface area contributed by atoms with Crippen LogP contribution in [0.3, 0.4) is 0 Å². The van der Waals surface area contributed by atoms with Gasteiger partial charge >= 0.3 is 0 Å². The molecule has 2 N–H and O–H groups in total. The minimum Gasteiger partial charge on any atom is -0.493 e. The number of halogens is 1. The fraction of sp³-hybridized carbons (Fsp3) is 0.222. The quantitative estimate of drug-likeness (QED) is 0.143. The number of fused-ring (bicyclic) bond motifs is 1. The molecule has 0 radical (unpaired) electrons. The van der Waals surface area contributed by atoms with Gasteiger partial charge in [-0.15, -0.1) is 0 Å². The Kier molecular flexibility index (Phi) is 9.80. The fourth-order valence-electron chi connectivity index (χ4n) is 5.66. The minimum absolute atomic E-state index is 0.231. The van der Waals surface area contributed by atoms with Crippen molar-refractivity contribution in [2.24, 2.45) is 0 Å². The van der Waals surface area contributed by atoms with Gasteiger partial charge < -0.3 is 24.8 Å². The molecule has 1 saturated heterocycles. The lowest BCUT2D eigenvalue weighted by Crippen LogP contribution is -2.23. The van der Waals surface area contributed by atoms with E-state index < -0.39 is 0 Å². The first-order valence-electron chi connectivity index (χ1n) is 15.2. The van der Waals surface area contributed by atoms with Gasteiger partial charge in [0.1, 0.15) is 24.5 Å². The van der Waals surface area contributed by atoms with Gasteiger partial charge in [-0.25, -0.2) is 9.97 Å². The van der Waals surface area contributed by atoms with Crippen molar-refractivity contribution in [2.45, 2.75) is 25.5 Å². The van der Waals surface area contributed by atoms with Crippen LogP contribution in [0.1, 0.15) is 18.5 Å². The van der Waals surface area contributed by atoms with E-state index in [9.17, 15) is 4.79 Å². The monoisotopic (exact) mass is 650 g/mol. The Balaban J connectivity index is 1.37. The van der Waals surface area contributed by atoms with Crippen molar-refractivity contribution in [3.63, 3.8) is 0 Å². The van der Waals surface area contributed by atoms with Crippen LogP contribution in [0.15, 0.2) is 91.4 Å². The van der Waals surface area contributed by atoms with Crippen LogP contribution in [-0.2, 0) is 11.4 Å². The van der Waals surface area contributed by atoms with Crippen molar-refractivity contribution >= 4 is 45.6 Å². The van der Waals surface area contributed by atoms with E-state index in [4.69, 9.17) is 25.8 Å². The van der Waals surface area contributed by atoms with Crippen LogP contribution < -0.4 is 24.8 Å². The fourth-order valence-corrected chi connectivity index (χ4v) is 5.90. The summed E-state index contributed by atoms with van der Waals surface area (Å²) in [6.45, 7) is 1.31. The van der Waals surface area contributed by atoms with E-state index in [2.05, 4.69) is 37.5 Å². The topological polar surface area (TPSA) is 111 Å². The molecular weight excluding hydrogens is 616 g/mol. The van der Waals surface area contributed by atoms with Gasteiger partial charge in [-0.1, -0.05) is 29.8 Å². The summed E-state index contributed by atoms with van der Waals surface area (Å²) < 4.78 is 17.0. The molecule has 240 valence electrons. The molecule has 0 saturated carbocycles. The average Bonchev–Trinajstić information content (AvgIpc) is 3.51. The lowest BCUT2D eigenvalue weighted by atomic mass is 9.97. The van der Waals surface area contributed by atoms with Crippen LogP contribution in [0.5, 0.6) is 17.2 Å². The zero-order chi connectivity index (χ0) is 32.8. The van der Waals surface area contributed by atoms with Gasteiger partial charge in [0.2, 0.25) is 5.91 Å². The second-order valence-corrected chi connectivity index (χ2v) is 11.5. The van der Waals surface area contributed by atoms with Crippen molar-refractivity contribution in [1.29, 1.82) is 0 Å². The number of pyridine rings is 1. The standard InChI is InChI=1S/C36H35ClN6O4/c1-43-18-6-8-26(43)11-16-33(44)42-29-13-12-28-35(34(29)23-9-14-31(45-2)32(19-23)46-3)36(40-22-39-28)41-24-10-15-30(27(37)20-24)47-21-25-7-4-5-17-38-25/h4-5,7,9-17,19-20,22,26H,6,8,18,21H2,1-3H3,(H,42,44)(H,39,40,41)/b16-11+. The molecule has 11 heteroatoms. The lowest BCUT2D eigenvalue weighted by Gasteiger charge is -2.18. The second kappa shape index (κ2) is 14.5. The van der Waals surface area contributed by atoms with Crippen molar-refractivity contribution in [3.05, 3.63) is 102 Å². The number of nitrogens with one attached hydrogen (secondary N) is 2. The summed E-state index contributed by atoms with van der Waals surface area (Å²) in [5.41, 5.74) is 4.25. The van der Waals surface area contributed by atoms with Crippen LogP contribution in [0, 0.1) is 0 Å². The highest BCUT2D eigenvalue weighted by molar-refractivity contribution is 6.32. The Morgan fingerprint density at radius 1 is 1.00 bits per heavy atom. The summed E-state index contributed by atoms with van der Waals surface area (Å²) in [4.78, 5) is 29.0. The van der Waals surface area contributed by atoms with E-state index in [1.165, 1.54) is 6.33 Å². The van der Waals surface area contributed by atoms with Crippen molar-refractivity contribution < 1.29 is 19.0 Å². The molecule has 10 nitrogen and oxygen atoms in total. The van der Waals surface area contributed by atoms with Gasteiger partial charge in [0.15, 0.2) is 11.5 Å². The molecule has 6 rings (SSSR count). The van der Waals surface area contributed by atoms with Gasteiger partial charge in [-0.05, 0) is 86.6 Å². The lowest BCUT2D eigenvalue weighted by molar-refractivity contribution is -0.111. The molecule has 0 spiro atoms. The molecule has 2 aromatic heterocycles. The normalized spacial score (nSPS) is 14.8. The SMILES string of the molecule is COc1ccc(-c2c(NC(=O)/C=C/C3CCCN3C)ccc3ncnc(Nc4ccc(OCc5ccccn5)c(Cl)c4)c23)cc1OC. The highest BCUT2D eigenvalue weighted by Gasteiger charge is 2.20. The molecule has 0 bridgehead atoms. The summed E-state index contributed by atoms with van der Waals surface area (Å²) >= 11 is 6.64. The molecule has 1 fully saturated rings. The first-order valence-corrected chi connectivity index (χ1v) is 15.6. The maximum Gasteiger partial charge on any atom is 0.248 e. The maximum atomic E-state index is 13.3. The number of anilines is 3. The molecule has 3 heterocycles. The number of benzene rings is 3. The number of nitrogens with zero attached hydrogens (tertiary/aromatic N) is 4. The number of hydrogen-bond acceptors (Lipinski definition) is 9. The Hall–Kier alpha value is -5.19. The highest BCUT2D eigenvalue weighted by atomic mass is 35.5. The largest absolute Gasteiger partial charge is 0.493 e. The molecule has 1 aliphatic rings. The van der Waals surface area contributed by atoms with E-state index in [1.807, 2.05) is 60.7 Å². The van der Waals surface area contributed by atoms with Gasteiger partial charge in [-0.3, -0.25) is 14.7 Å². The van der Waals surface area contributed by atoms with Crippen LogP contribution in [0.4, 0.5) is 17.2 Å². The van der Waals surface area contributed by atoms with Crippen molar-refractivity contribution in [3.8, 4) is 28.4 Å². The summed E-state index contributed by atoms with van der Waals surface area (Å²) in [5.74, 6) is 1.95. The second-order valence-electron chi connectivity index (χ2n) is 11.1. The number of rotatable bonds is 11. The van der Waals surface area contributed by atoms with Crippen LogP contribution in [0.25, 0.3) is 22.0 Å². The molecule has 5 aromatic rings.